The topological polar surface area (TPSA) is 62.3 Å². The average Bonchev–Trinajstić information content (AvgIpc) is 3.08. The van der Waals surface area contributed by atoms with Gasteiger partial charge in [0.2, 0.25) is 11.8 Å². The quantitative estimate of drug-likeness (QED) is 0.939. The Balaban J connectivity index is 1.71. The van der Waals surface area contributed by atoms with E-state index in [9.17, 15) is 14.0 Å². The van der Waals surface area contributed by atoms with Gasteiger partial charge in [0.1, 0.15) is 5.82 Å². The molecule has 0 aliphatic carbocycles. The maximum atomic E-state index is 13.7. The van der Waals surface area contributed by atoms with Gasteiger partial charge in [-0.2, -0.15) is 0 Å². The highest BCUT2D eigenvalue weighted by Gasteiger charge is 2.35. The Morgan fingerprint density at radius 3 is 2.87 bits per heavy atom. The van der Waals surface area contributed by atoms with Crippen molar-refractivity contribution in [2.24, 2.45) is 5.92 Å². The first-order valence-electron chi connectivity index (χ1n) is 7.24. The van der Waals surface area contributed by atoms with Crippen molar-refractivity contribution in [3.63, 3.8) is 0 Å². The number of nitrogens with one attached hydrogen (secondary N) is 1. The summed E-state index contributed by atoms with van der Waals surface area (Å²) in [7, 11) is 0. The third-order valence-electron chi connectivity index (χ3n) is 3.81. The van der Waals surface area contributed by atoms with Gasteiger partial charge in [0, 0.05) is 29.7 Å². The van der Waals surface area contributed by atoms with Crippen LogP contribution in [0.5, 0.6) is 0 Å². The maximum absolute atomic E-state index is 13.7. The van der Waals surface area contributed by atoms with Crippen LogP contribution in [0.15, 0.2) is 24.4 Å². The molecule has 0 spiro atoms. The molecule has 0 radical (unpaired) electrons. The van der Waals surface area contributed by atoms with Gasteiger partial charge < -0.3 is 10.2 Å². The number of rotatable bonds is 3. The fraction of sp³-hybridized carbons (Fsp3) is 0.312. The Labute approximate surface area is 137 Å². The summed E-state index contributed by atoms with van der Waals surface area (Å²) in [6, 6.07) is 4.65. The molecule has 1 N–H and O–H groups in total. The average molecular weight is 333 g/mol. The van der Waals surface area contributed by atoms with Gasteiger partial charge in [0.25, 0.3) is 0 Å². The number of thiazole rings is 1. The molecule has 1 aromatic carbocycles. The zero-order chi connectivity index (χ0) is 16.6. The lowest BCUT2D eigenvalue weighted by Crippen LogP contribution is -2.28. The molecule has 2 aromatic rings. The number of aromatic nitrogens is 1. The van der Waals surface area contributed by atoms with E-state index in [2.05, 4.69) is 10.3 Å². The van der Waals surface area contributed by atoms with E-state index in [1.807, 2.05) is 6.92 Å². The Kier molecular flexibility index (Phi) is 4.12. The molecule has 1 atom stereocenters. The summed E-state index contributed by atoms with van der Waals surface area (Å²) in [4.78, 5) is 31.0. The lowest BCUT2D eigenvalue weighted by Gasteiger charge is -2.17. The van der Waals surface area contributed by atoms with E-state index in [-0.39, 0.29) is 30.6 Å². The highest BCUT2D eigenvalue weighted by atomic mass is 32.1. The summed E-state index contributed by atoms with van der Waals surface area (Å²) < 4.78 is 13.7. The van der Waals surface area contributed by atoms with E-state index < -0.39 is 5.92 Å². The second-order valence-corrected chi connectivity index (χ2v) is 6.84. The van der Waals surface area contributed by atoms with Crippen molar-refractivity contribution < 1.29 is 14.0 Å². The van der Waals surface area contributed by atoms with E-state index in [1.165, 1.54) is 22.3 Å². The third-order valence-corrected chi connectivity index (χ3v) is 4.64. The molecule has 1 aliphatic rings. The second kappa shape index (κ2) is 6.08. The third kappa shape index (κ3) is 3.24. The van der Waals surface area contributed by atoms with Crippen LogP contribution in [0.3, 0.4) is 0 Å². The Morgan fingerprint density at radius 2 is 2.22 bits per heavy atom. The summed E-state index contributed by atoms with van der Waals surface area (Å²) >= 11 is 1.39. The number of carbonyl (C=O) groups is 2. The minimum atomic E-state index is -0.462. The van der Waals surface area contributed by atoms with Crippen LogP contribution in [0.25, 0.3) is 0 Å². The molecule has 120 valence electrons. The van der Waals surface area contributed by atoms with Crippen LogP contribution in [-0.4, -0.2) is 23.3 Å². The van der Waals surface area contributed by atoms with Gasteiger partial charge in [0.15, 0.2) is 5.13 Å². The molecule has 0 bridgehead atoms. The lowest BCUT2D eigenvalue weighted by molar-refractivity contribution is -0.122. The molecule has 1 aromatic heterocycles. The first-order chi connectivity index (χ1) is 10.9. The van der Waals surface area contributed by atoms with Crippen molar-refractivity contribution in [1.82, 2.24) is 4.98 Å². The van der Waals surface area contributed by atoms with Crippen molar-refractivity contribution in [3.8, 4) is 0 Å². The molecule has 1 saturated heterocycles. The van der Waals surface area contributed by atoms with Crippen LogP contribution < -0.4 is 10.2 Å². The molecule has 1 fully saturated rings. The monoisotopic (exact) mass is 333 g/mol. The number of hydrogen-bond donors (Lipinski definition) is 1. The molecule has 0 saturated carbocycles. The van der Waals surface area contributed by atoms with E-state index >= 15 is 0 Å². The van der Waals surface area contributed by atoms with Crippen molar-refractivity contribution in [1.29, 1.82) is 0 Å². The summed E-state index contributed by atoms with van der Waals surface area (Å²) in [6.45, 7) is 3.81. The molecule has 5 nitrogen and oxygen atoms in total. The number of benzene rings is 1. The van der Waals surface area contributed by atoms with Crippen molar-refractivity contribution in [2.75, 3.05) is 16.8 Å². The van der Waals surface area contributed by atoms with Gasteiger partial charge in [0.05, 0.1) is 5.92 Å². The number of anilines is 2. The number of carbonyl (C=O) groups excluding carboxylic acids is 2. The standard InChI is InChI=1S/C16H16FN3O2S/c1-9-3-4-12(6-13(9)17)20-8-11(5-14(20)21)15(22)19-16-18-7-10(2)23-16/h3-4,6-7,11H,5,8H2,1-2H3,(H,18,19,22)/t11-/m1/s1. The molecule has 3 rings (SSSR count). The first-order valence-corrected chi connectivity index (χ1v) is 8.05. The number of nitrogens with zero attached hydrogens (tertiary/aromatic N) is 2. The largest absolute Gasteiger partial charge is 0.311 e. The zero-order valence-corrected chi connectivity index (χ0v) is 13.6. The van der Waals surface area contributed by atoms with Gasteiger partial charge in [-0.3, -0.25) is 9.59 Å². The SMILES string of the molecule is Cc1cnc(NC(=O)[C@@H]2CC(=O)N(c3ccc(C)c(F)c3)C2)s1. The maximum Gasteiger partial charge on any atom is 0.231 e. The molecule has 0 unspecified atom stereocenters. The molecular weight excluding hydrogens is 317 g/mol. The highest BCUT2D eigenvalue weighted by molar-refractivity contribution is 7.15. The predicted molar refractivity (Wildman–Crippen MR) is 87.1 cm³/mol. The molecule has 2 amide bonds. The van der Waals surface area contributed by atoms with Crippen LogP contribution in [0.1, 0.15) is 16.9 Å². The lowest BCUT2D eigenvalue weighted by atomic mass is 10.1. The van der Waals surface area contributed by atoms with Crippen LogP contribution in [0, 0.1) is 25.6 Å². The smallest absolute Gasteiger partial charge is 0.231 e. The second-order valence-electron chi connectivity index (χ2n) is 5.60. The highest BCUT2D eigenvalue weighted by Crippen LogP contribution is 2.27. The van der Waals surface area contributed by atoms with Crippen molar-refractivity contribution in [2.45, 2.75) is 20.3 Å². The number of aryl methyl sites for hydroxylation is 2. The Hall–Kier alpha value is -2.28. The normalized spacial score (nSPS) is 17.6. The molecule has 7 heteroatoms. The number of hydrogen-bond acceptors (Lipinski definition) is 4. The van der Waals surface area contributed by atoms with Gasteiger partial charge in [-0.1, -0.05) is 6.07 Å². The van der Waals surface area contributed by atoms with E-state index in [0.717, 1.165) is 4.88 Å². The van der Waals surface area contributed by atoms with Gasteiger partial charge in [-0.15, -0.1) is 11.3 Å². The van der Waals surface area contributed by atoms with Gasteiger partial charge in [-0.25, -0.2) is 9.37 Å². The fourth-order valence-electron chi connectivity index (χ4n) is 2.50. The van der Waals surface area contributed by atoms with Crippen LogP contribution in [0.4, 0.5) is 15.2 Å². The van der Waals surface area contributed by atoms with Crippen molar-refractivity contribution in [3.05, 3.63) is 40.7 Å². The van der Waals surface area contributed by atoms with Crippen LogP contribution >= 0.6 is 11.3 Å². The van der Waals surface area contributed by atoms with Crippen LogP contribution in [-0.2, 0) is 9.59 Å². The molecular formula is C16H16FN3O2S. The Bertz CT molecular complexity index is 774. The fourth-order valence-corrected chi connectivity index (χ4v) is 3.17. The van der Waals surface area contributed by atoms with Gasteiger partial charge in [-0.05, 0) is 31.5 Å². The minimum absolute atomic E-state index is 0.117. The zero-order valence-electron chi connectivity index (χ0n) is 12.8. The van der Waals surface area contributed by atoms with Gasteiger partial charge >= 0.3 is 0 Å². The summed E-state index contributed by atoms with van der Waals surface area (Å²) in [5.41, 5.74) is 1.01. The molecule has 23 heavy (non-hydrogen) atoms. The van der Waals surface area contributed by atoms with Crippen molar-refractivity contribution >= 4 is 34.0 Å². The molecule has 2 heterocycles. The van der Waals surface area contributed by atoms with Crippen LogP contribution in [0.2, 0.25) is 0 Å². The molecule has 1 aliphatic heterocycles. The Morgan fingerprint density at radius 1 is 1.43 bits per heavy atom. The summed E-state index contributed by atoms with van der Waals surface area (Å²) in [5.74, 6) is -1.23. The minimum Gasteiger partial charge on any atom is -0.311 e. The van der Waals surface area contributed by atoms with E-state index in [1.54, 1.807) is 25.3 Å². The predicted octanol–water partition coefficient (Wildman–Crippen LogP) is 2.89. The van der Waals surface area contributed by atoms with E-state index in [4.69, 9.17) is 0 Å². The number of halogens is 1. The first kappa shape index (κ1) is 15.6. The van der Waals surface area contributed by atoms with E-state index in [0.29, 0.717) is 16.4 Å². The summed E-state index contributed by atoms with van der Waals surface area (Å²) in [6.07, 6.45) is 1.80. The number of amides is 2. The summed E-state index contributed by atoms with van der Waals surface area (Å²) in [5, 5.41) is 3.26.